The zero-order valence-corrected chi connectivity index (χ0v) is 7.88. The molecule has 1 aliphatic rings. The van der Waals surface area contributed by atoms with E-state index < -0.39 is 0 Å². The van der Waals surface area contributed by atoms with E-state index in [0.29, 0.717) is 0 Å². The van der Waals surface area contributed by atoms with Crippen molar-refractivity contribution in [3.63, 3.8) is 0 Å². The van der Waals surface area contributed by atoms with Crippen molar-refractivity contribution in [3.05, 3.63) is 0 Å². The van der Waals surface area contributed by atoms with Crippen LogP contribution in [0.2, 0.25) is 0 Å². The van der Waals surface area contributed by atoms with Gasteiger partial charge in [-0.3, -0.25) is 9.69 Å². The lowest BCUT2D eigenvalue weighted by atomic mass is 10.1. The lowest BCUT2D eigenvalue weighted by molar-refractivity contribution is -0.121. The minimum absolute atomic E-state index is 0.170. The SMILES string of the molecule is CC(=O)C(C)CN1CCOCC1. The molecule has 1 saturated heterocycles. The van der Waals surface area contributed by atoms with Crippen LogP contribution in [0.4, 0.5) is 0 Å². The Morgan fingerprint density at radius 3 is 2.58 bits per heavy atom. The summed E-state index contributed by atoms with van der Waals surface area (Å²) in [6, 6.07) is 0. The molecule has 0 radical (unpaired) electrons. The van der Waals surface area contributed by atoms with E-state index >= 15 is 0 Å². The van der Waals surface area contributed by atoms with Gasteiger partial charge in [0.2, 0.25) is 0 Å². The van der Waals surface area contributed by atoms with Crippen LogP contribution in [0.5, 0.6) is 0 Å². The fourth-order valence-corrected chi connectivity index (χ4v) is 1.30. The van der Waals surface area contributed by atoms with Gasteiger partial charge >= 0.3 is 0 Å². The van der Waals surface area contributed by atoms with Gasteiger partial charge in [-0.05, 0) is 6.92 Å². The molecule has 0 amide bonds. The highest BCUT2D eigenvalue weighted by atomic mass is 16.5. The third-order valence-corrected chi connectivity index (χ3v) is 2.33. The van der Waals surface area contributed by atoms with Crippen LogP contribution in [0.3, 0.4) is 0 Å². The third-order valence-electron chi connectivity index (χ3n) is 2.33. The summed E-state index contributed by atoms with van der Waals surface area (Å²) >= 11 is 0. The second-order valence-corrected chi connectivity index (χ2v) is 3.42. The van der Waals surface area contributed by atoms with Gasteiger partial charge in [-0.1, -0.05) is 6.92 Å². The van der Waals surface area contributed by atoms with Gasteiger partial charge in [0.15, 0.2) is 0 Å². The first-order chi connectivity index (χ1) is 5.70. The van der Waals surface area contributed by atoms with E-state index in [4.69, 9.17) is 4.74 Å². The summed E-state index contributed by atoms with van der Waals surface area (Å²) < 4.78 is 5.22. The molecule has 1 aliphatic heterocycles. The highest BCUT2D eigenvalue weighted by Gasteiger charge is 2.15. The Bertz CT molecular complexity index is 153. The lowest BCUT2D eigenvalue weighted by Gasteiger charge is -2.28. The standard InChI is InChI=1S/C9H17NO2/c1-8(9(2)11)7-10-3-5-12-6-4-10/h8H,3-7H2,1-2H3. The monoisotopic (exact) mass is 171 g/mol. The Morgan fingerprint density at radius 1 is 1.50 bits per heavy atom. The number of rotatable bonds is 3. The Hall–Kier alpha value is -0.410. The molecule has 1 rings (SSSR count). The summed E-state index contributed by atoms with van der Waals surface area (Å²) in [6.45, 7) is 8.09. The van der Waals surface area contributed by atoms with Crippen LogP contribution in [0.1, 0.15) is 13.8 Å². The van der Waals surface area contributed by atoms with Crippen molar-refractivity contribution in [2.24, 2.45) is 5.92 Å². The van der Waals surface area contributed by atoms with Crippen molar-refractivity contribution >= 4 is 5.78 Å². The van der Waals surface area contributed by atoms with Crippen LogP contribution in [0, 0.1) is 5.92 Å². The summed E-state index contributed by atoms with van der Waals surface area (Å²) in [4.78, 5) is 13.2. The van der Waals surface area contributed by atoms with E-state index in [9.17, 15) is 4.79 Å². The number of Topliss-reactive ketones (excluding diaryl/α,β-unsaturated/α-hetero) is 1. The Kier molecular flexibility index (Phi) is 3.69. The van der Waals surface area contributed by atoms with Gasteiger partial charge in [-0.15, -0.1) is 0 Å². The van der Waals surface area contributed by atoms with Crippen molar-refractivity contribution in [2.45, 2.75) is 13.8 Å². The zero-order valence-electron chi connectivity index (χ0n) is 7.88. The van der Waals surface area contributed by atoms with Crippen LogP contribution in [-0.4, -0.2) is 43.5 Å². The maximum absolute atomic E-state index is 11.0. The predicted octanol–water partition coefficient (Wildman–Crippen LogP) is 0.544. The van der Waals surface area contributed by atoms with Gasteiger partial charge < -0.3 is 4.74 Å². The molecule has 3 heteroatoms. The van der Waals surface area contributed by atoms with Gasteiger partial charge in [-0.25, -0.2) is 0 Å². The fraction of sp³-hybridized carbons (Fsp3) is 0.889. The largest absolute Gasteiger partial charge is 0.379 e. The minimum Gasteiger partial charge on any atom is -0.379 e. The Balaban J connectivity index is 2.24. The van der Waals surface area contributed by atoms with E-state index in [2.05, 4.69) is 4.90 Å². The van der Waals surface area contributed by atoms with Gasteiger partial charge in [0, 0.05) is 25.6 Å². The Morgan fingerprint density at radius 2 is 2.08 bits per heavy atom. The number of ketones is 1. The summed E-state index contributed by atoms with van der Waals surface area (Å²) in [5.41, 5.74) is 0. The molecule has 1 unspecified atom stereocenters. The molecule has 1 fully saturated rings. The summed E-state index contributed by atoms with van der Waals surface area (Å²) in [5, 5.41) is 0. The average molecular weight is 171 g/mol. The number of carbonyl (C=O) groups excluding carboxylic acids is 1. The molecule has 0 aromatic heterocycles. The highest BCUT2D eigenvalue weighted by molar-refractivity contribution is 5.78. The van der Waals surface area contributed by atoms with E-state index in [0.717, 1.165) is 32.8 Å². The number of ether oxygens (including phenoxy) is 1. The molecule has 0 aromatic carbocycles. The van der Waals surface area contributed by atoms with Crippen molar-refractivity contribution < 1.29 is 9.53 Å². The number of carbonyl (C=O) groups is 1. The first-order valence-electron chi connectivity index (χ1n) is 4.50. The van der Waals surface area contributed by atoms with E-state index in [1.165, 1.54) is 0 Å². The maximum Gasteiger partial charge on any atom is 0.133 e. The molecule has 0 saturated carbocycles. The number of hydrogen-bond acceptors (Lipinski definition) is 3. The maximum atomic E-state index is 11.0. The van der Waals surface area contributed by atoms with E-state index in [1.807, 2.05) is 6.92 Å². The summed E-state index contributed by atoms with van der Waals surface area (Å²) in [6.07, 6.45) is 0. The highest BCUT2D eigenvalue weighted by Crippen LogP contribution is 2.03. The average Bonchev–Trinajstić information content (AvgIpc) is 2.06. The topological polar surface area (TPSA) is 29.5 Å². The van der Waals surface area contributed by atoms with Gasteiger partial charge in [-0.2, -0.15) is 0 Å². The van der Waals surface area contributed by atoms with Gasteiger partial charge in [0.05, 0.1) is 13.2 Å². The molecule has 0 N–H and O–H groups in total. The second-order valence-electron chi connectivity index (χ2n) is 3.42. The van der Waals surface area contributed by atoms with Crippen LogP contribution >= 0.6 is 0 Å². The smallest absolute Gasteiger partial charge is 0.133 e. The minimum atomic E-state index is 0.170. The summed E-state index contributed by atoms with van der Waals surface area (Å²) in [7, 11) is 0. The predicted molar refractivity (Wildman–Crippen MR) is 47.1 cm³/mol. The molecule has 0 spiro atoms. The molecular formula is C9H17NO2. The third kappa shape index (κ3) is 2.91. The number of hydrogen-bond donors (Lipinski definition) is 0. The number of morpholine rings is 1. The van der Waals surface area contributed by atoms with Gasteiger partial charge in [0.25, 0.3) is 0 Å². The van der Waals surface area contributed by atoms with E-state index in [-0.39, 0.29) is 11.7 Å². The Labute approximate surface area is 73.7 Å². The van der Waals surface area contributed by atoms with Crippen molar-refractivity contribution in [3.8, 4) is 0 Å². The molecule has 0 bridgehead atoms. The fourth-order valence-electron chi connectivity index (χ4n) is 1.30. The van der Waals surface area contributed by atoms with Crippen LogP contribution in [-0.2, 0) is 9.53 Å². The molecule has 0 aliphatic carbocycles. The molecule has 70 valence electrons. The van der Waals surface area contributed by atoms with Crippen LogP contribution < -0.4 is 0 Å². The quantitative estimate of drug-likeness (QED) is 0.621. The second kappa shape index (κ2) is 4.58. The van der Waals surface area contributed by atoms with E-state index in [1.54, 1.807) is 6.92 Å². The van der Waals surface area contributed by atoms with Crippen LogP contribution in [0.25, 0.3) is 0 Å². The van der Waals surface area contributed by atoms with Crippen molar-refractivity contribution in [1.82, 2.24) is 4.90 Å². The molecular weight excluding hydrogens is 154 g/mol. The summed E-state index contributed by atoms with van der Waals surface area (Å²) in [5.74, 6) is 0.449. The first kappa shape index (κ1) is 9.68. The molecule has 3 nitrogen and oxygen atoms in total. The zero-order chi connectivity index (χ0) is 8.97. The van der Waals surface area contributed by atoms with Crippen molar-refractivity contribution in [1.29, 1.82) is 0 Å². The number of nitrogens with zero attached hydrogens (tertiary/aromatic N) is 1. The first-order valence-corrected chi connectivity index (χ1v) is 4.50. The molecule has 0 aromatic rings. The normalized spacial score (nSPS) is 22.2. The molecule has 1 atom stereocenters. The van der Waals surface area contributed by atoms with Crippen molar-refractivity contribution in [2.75, 3.05) is 32.8 Å². The molecule has 1 heterocycles. The van der Waals surface area contributed by atoms with Gasteiger partial charge in [0.1, 0.15) is 5.78 Å². The molecule has 12 heavy (non-hydrogen) atoms. The van der Waals surface area contributed by atoms with Crippen LogP contribution in [0.15, 0.2) is 0 Å². The lowest BCUT2D eigenvalue weighted by Crippen LogP contribution is -2.40.